The Bertz CT molecular complexity index is 1610. The van der Waals surface area contributed by atoms with Crippen LogP contribution in [0.3, 0.4) is 0 Å². The van der Waals surface area contributed by atoms with E-state index in [2.05, 4.69) is 9.97 Å². The van der Waals surface area contributed by atoms with Crippen molar-refractivity contribution in [2.45, 2.75) is 37.5 Å². The number of fused-ring (bicyclic) bond motifs is 2. The maximum atomic E-state index is 15.4. The molecule has 210 valence electrons. The average molecular weight is 565 g/mol. The first-order chi connectivity index (χ1) is 19.7. The molecule has 3 aromatic carbocycles. The first-order valence-corrected chi connectivity index (χ1v) is 13.0. The van der Waals surface area contributed by atoms with E-state index >= 15 is 4.39 Å². The van der Waals surface area contributed by atoms with Crippen molar-refractivity contribution in [3.63, 3.8) is 0 Å². The standard InChI is InChI=1S/C31H24F4N2O4/c1-39-28(38)10-19-15-40-27-11-21(6-7-22(19)27)41-26-9-8-23-29(24(31(33,34)35)12-25(32)30(23)26)18-4-2-17(3-5-18)20-13-36-16-37-14-20/h2-7,11-14,16,19,26H,8-10,15H2,1H3/t19-,26?/m1/s1. The van der Waals surface area contributed by atoms with Crippen molar-refractivity contribution in [2.24, 2.45) is 0 Å². The van der Waals surface area contributed by atoms with Crippen molar-refractivity contribution in [3.05, 3.63) is 95.3 Å². The Morgan fingerprint density at radius 3 is 2.46 bits per heavy atom. The minimum Gasteiger partial charge on any atom is -0.492 e. The largest absolute Gasteiger partial charge is 0.492 e. The number of benzene rings is 3. The molecule has 0 N–H and O–H groups in total. The van der Waals surface area contributed by atoms with Gasteiger partial charge in [-0.25, -0.2) is 14.4 Å². The first-order valence-electron chi connectivity index (χ1n) is 13.0. The summed E-state index contributed by atoms with van der Waals surface area (Å²) in [5.41, 5.74) is 1.98. The fourth-order valence-corrected chi connectivity index (χ4v) is 5.64. The molecule has 0 fully saturated rings. The van der Waals surface area contributed by atoms with Gasteiger partial charge in [0.25, 0.3) is 0 Å². The molecule has 0 bridgehead atoms. The highest BCUT2D eigenvalue weighted by Crippen LogP contribution is 2.48. The highest BCUT2D eigenvalue weighted by Gasteiger charge is 2.40. The topological polar surface area (TPSA) is 70.5 Å². The third kappa shape index (κ3) is 5.10. The van der Waals surface area contributed by atoms with E-state index in [0.29, 0.717) is 36.2 Å². The predicted molar refractivity (Wildman–Crippen MR) is 141 cm³/mol. The number of halogens is 4. The van der Waals surface area contributed by atoms with Gasteiger partial charge in [-0.3, -0.25) is 4.79 Å². The number of aromatic nitrogens is 2. The third-order valence-corrected chi connectivity index (χ3v) is 7.56. The monoisotopic (exact) mass is 564 g/mol. The van der Waals surface area contributed by atoms with Gasteiger partial charge in [0.2, 0.25) is 0 Å². The summed E-state index contributed by atoms with van der Waals surface area (Å²) in [4.78, 5) is 19.7. The van der Waals surface area contributed by atoms with Crippen LogP contribution in [0.15, 0.2) is 67.3 Å². The molecule has 2 heterocycles. The second kappa shape index (κ2) is 10.5. The second-order valence-corrected chi connectivity index (χ2v) is 10.0. The molecule has 2 atom stereocenters. The fraction of sp³-hybridized carbons (Fsp3) is 0.258. The number of esters is 1. The number of ether oxygens (including phenoxy) is 3. The molecular formula is C31H24F4N2O4. The number of hydrogen-bond donors (Lipinski definition) is 0. The van der Waals surface area contributed by atoms with Gasteiger partial charge in [0.15, 0.2) is 0 Å². The minimum atomic E-state index is -4.76. The van der Waals surface area contributed by atoms with Crippen molar-refractivity contribution in [2.75, 3.05) is 13.7 Å². The molecule has 1 aliphatic carbocycles. The van der Waals surface area contributed by atoms with E-state index in [4.69, 9.17) is 14.2 Å². The molecule has 1 unspecified atom stereocenters. The Labute approximate surface area is 232 Å². The molecule has 41 heavy (non-hydrogen) atoms. The van der Waals surface area contributed by atoms with E-state index in [1.165, 1.54) is 13.4 Å². The second-order valence-electron chi connectivity index (χ2n) is 10.0. The number of nitrogens with zero attached hydrogens (tertiary/aromatic N) is 2. The van der Waals surface area contributed by atoms with Crippen molar-refractivity contribution < 1.29 is 36.6 Å². The molecule has 4 aromatic rings. The minimum absolute atomic E-state index is 0.0428. The molecule has 10 heteroatoms. The number of carbonyl (C=O) groups excluding carboxylic acids is 1. The maximum absolute atomic E-state index is 15.4. The molecule has 0 saturated carbocycles. The molecule has 1 aromatic heterocycles. The Kier molecular flexibility index (Phi) is 6.84. The zero-order valence-corrected chi connectivity index (χ0v) is 21.9. The van der Waals surface area contributed by atoms with E-state index in [1.807, 2.05) is 0 Å². The summed E-state index contributed by atoms with van der Waals surface area (Å²) in [5.74, 6) is -0.502. The normalized spacial score (nSPS) is 17.5. The summed E-state index contributed by atoms with van der Waals surface area (Å²) < 4.78 is 74.5. The van der Waals surface area contributed by atoms with E-state index in [9.17, 15) is 18.0 Å². The highest BCUT2D eigenvalue weighted by molar-refractivity contribution is 5.77. The molecule has 0 radical (unpaired) electrons. The van der Waals surface area contributed by atoms with Crippen molar-refractivity contribution in [1.82, 2.24) is 9.97 Å². The third-order valence-electron chi connectivity index (χ3n) is 7.56. The maximum Gasteiger partial charge on any atom is 0.417 e. The molecule has 6 nitrogen and oxygen atoms in total. The summed E-state index contributed by atoms with van der Waals surface area (Å²) in [6.45, 7) is 0.314. The predicted octanol–water partition coefficient (Wildman–Crippen LogP) is 7.07. The lowest BCUT2D eigenvalue weighted by atomic mass is 9.90. The molecule has 0 spiro atoms. The van der Waals surface area contributed by atoms with Crippen LogP contribution in [0.1, 0.15) is 47.1 Å². The first kappa shape index (κ1) is 26.7. The van der Waals surface area contributed by atoms with Crippen molar-refractivity contribution in [1.29, 1.82) is 0 Å². The molecular weight excluding hydrogens is 540 g/mol. The summed E-state index contributed by atoms with van der Waals surface area (Å²) in [6.07, 6.45) is -0.212. The SMILES string of the molecule is COC(=O)C[C@@H]1COc2cc(OC3CCc4c(-c5ccc(-c6cncnc6)cc5)c(C(F)(F)F)cc(F)c43)ccc21. The summed E-state index contributed by atoms with van der Waals surface area (Å²) in [6, 6.07) is 12.3. The van der Waals surface area contributed by atoms with Crippen LogP contribution < -0.4 is 9.47 Å². The van der Waals surface area contributed by atoms with Gasteiger partial charge in [-0.05, 0) is 47.2 Å². The Morgan fingerprint density at radius 2 is 1.76 bits per heavy atom. The van der Waals surface area contributed by atoms with Crippen molar-refractivity contribution in [3.8, 4) is 33.8 Å². The van der Waals surface area contributed by atoms with Gasteiger partial charge >= 0.3 is 12.1 Å². The quantitative estimate of drug-likeness (QED) is 0.184. The summed E-state index contributed by atoms with van der Waals surface area (Å²) in [5, 5.41) is 0. The zero-order valence-electron chi connectivity index (χ0n) is 21.9. The Morgan fingerprint density at radius 1 is 1.02 bits per heavy atom. The van der Waals surface area contributed by atoms with Gasteiger partial charge in [-0.2, -0.15) is 13.2 Å². The van der Waals surface area contributed by atoms with Crippen LogP contribution in [0, 0.1) is 5.82 Å². The van der Waals surface area contributed by atoms with Gasteiger partial charge in [-0.1, -0.05) is 30.3 Å². The van der Waals surface area contributed by atoms with Crippen LogP contribution in [0.5, 0.6) is 11.5 Å². The van der Waals surface area contributed by atoms with Gasteiger partial charge in [0, 0.05) is 41.1 Å². The Hall–Kier alpha value is -4.47. The van der Waals surface area contributed by atoms with Crippen molar-refractivity contribution >= 4 is 5.97 Å². The van der Waals surface area contributed by atoms with Crippen LogP contribution >= 0.6 is 0 Å². The van der Waals surface area contributed by atoms with Crippen LogP contribution in [-0.4, -0.2) is 29.7 Å². The van der Waals surface area contributed by atoms with Crippen LogP contribution in [0.25, 0.3) is 22.3 Å². The number of alkyl halides is 3. The molecule has 0 saturated heterocycles. The van der Waals surface area contributed by atoms with Crippen LogP contribution in [0.2, 0.25) is 0 Å². The molecule has 6 rings (SSSR count). The number of methoxy groups -OCH3 is 1. The van der Waals surface area contributed by atoms with E-state index in [-0.39, 0.29) is 41.4 Å². The fourth-order valence-electron chi connectivity index (χ4n) is 5.64. The van der Waals surface area contributed by atoms with E-state index < -0.39 is 23.7 Å². The zero-order chi connectivity index (χ0) is 28.7. The lowest BCUT2D eigenvalue weighted by Gasteiger charge is -2.21. The number of carbonyl (C=O) groups is 1. The highest BCUT2D eigenvalue weighted by atomic mass is 19.4. The van der Waals surface area contributed by atoms with Gasteiger partial charge in [-0.15, -0.1) is 0 Å². The van der Waals surface area contributed by atoms with Crippen LogP contribution in [-0.2, 0) is 22.1 Å². The number of hydrogen-bond acceptors (Lipinski definition) is 6. The Balaban J connectivity index is 1.33. The smallest absolute Gasteiger partial charge is 0.417 e. The average Bonchev–Trinajstić information content (AvgIpc) is 3.57. The lowest BCUT2D eigenvalue weighted by molar-refractivity contribution is -0.141. The number of rotatable bonds is 6. The van der Waals surface area contributed by atoms with Gasteiger partial charge in [0.05, 0.1) is 25.7 Å². The summed E-state index contributed by atoms with van der Waals surface area (Å²) >= 11 is 0. The van der Waals surface area contributed by atoms with Gasteiger partial charge in [0.1, 0.15) is 29.7 Å². The lowest BCUT2D eigenvalue weighted by Crippen LogP contribution is -2.12. The van der Waals surface area contributed by atoms with E-state index in [0.717, 1.165) is 16.7 Å². The van der Waals surface area contributed by atoms with E-state index in [1.54, 1.807) is 54.9 Å². The van der Waals surface area contributed by atoms with Gasteiger partial charge < -0.3 is 14.2 Å². The van der Waals surface area contributed by atoms with Crippen LogP contribution in [0.4, 0.5) is 17.6 Å². The summed E-state index contributed by atoms with van der Waals surface area (Å²) in [7, 11) is 1.33. The molecule has 1 aliphatic heterocycles. The molecule has 2 aliphatic rings. The molecule has 0 amide bonds.